The number of nitrogens with zero attached hydrogens (tertiary/aromatic N) is 1. The lowest BCUT2D eigenvalue weighted by atomic mass is 10.2. The molecule has 0 aromatic heterocycles. The van der Waals surface area contributed by atoms with Gasteiger partial charge in [0.05, 0.1) is 5.71 Å². The SMILES string of the molecule is CC1=N[C@@]2(c3ccccc3)OO[C@@H]1O2. The van der Waals surface area contributed by atoms with Gasteiger partial charge in [0.25, 0.3) is 0 Å². The summed E-state index contributed by atoms with van der Waals surface area (Å²) in [7, 11) is 0. The van der Waals surface area contributed by atoms with Crippen molar-refractivity contribution in [1.82, 2.24) is 0 Å². The van der Waals surface area contributed by atoms with Gasteiger partial charge in [-0.05, 0) is 6.92 Å². The maximum Gasteiger partial charge on any atom is 0.329 e. The largest absolute Gasteiger partial charge is 0.329 e. The minimum Gasteiger partial charge on any atom is -0.287 e. The predicted molar refractivity (Wildman–Crippen MR) is 48.3 cm³/mol. The van der Waals surface area contributed by atoms with Crippen molar-refractivity contribution in [2.75, 3.05) is 0 Å². The molecular weight excluding hydrogens is 182 g/mol. The molecule has 2 atom stereocenters. The van der Waals surface area contributed by atoms with Crippen LogP contribution in [0, 0.1) is 0 Å². The third-order valence-electron chi connectivity index (χ3n) is 2.32. The van der Waals surface area contributed by atoms with Crippen LogP contribution in [0.4, 0.5) is 0 Å². The molecule has 2 aliphatic rings. The lowest BCUT2D eigenvalue weighted by Gasteiger charge is -2.17. The van der Waals surface area contributed by atoms with Crippen molar-refractivity contribution in [1.29, 1.82) is 0 Å². The summed E-state index contributed by atoms with van der Waals surface area (Å²) in [4.78, 5) is 14.4. The van der Waals surface area contributed by atoms with Crippen LogP contribution in [-0.2, 0) is 20.4 Å². The first-order chi connectivity index (χ1) is 6.80. The van der Waals surface area contributed by atoms with E-state index in [2.05, 4.69) is 4.99 Å². The molecule has 0 amide bonds. The van der Waals surface area contributed by atoms with E-state index >= 15 is 0 Å². The van der Waals surface area contributed by atoms with E-state index in [4.69, 9.17) is 14.5 Å². The molecule has 1 aromatic rings. The highest BCUT2D eigenvalue weighted by molar-refractivity contribution is 5.87. The number of benzene rings is 1. The van der Waals surface area contributed by atoms with Crippen molar-refractivity contribution in [3.63, 3.8) is 0 Å². The smallest absolute Gasteiger partial charge is 0.287 e. The minimum atomic E-state index is -1.06. The van der Waals surface area contributed by atoms with E-state index in [0.29, 0.717) is 0 Å². The summed E-state index contributed by atoms with van der Waals surface area (Å²) in [5.74, 6) is -1.06. The zero-order valence-corrected chi connectivity index (χ0v) is 7.64. The maximum absolute atomic E-state index is 5.51. The van der Waals surface area contributed by atoms with Gasteiger partial charge in [-0.3, -0.25) is 4.74 Å². The molecule has 72 valence electrons. The van der Waals surface area contributed by atoms with Crippen LogP contribution in [0.25, 0.3) is 0 Å². The highest BCUT2D eigenvalue weighted by Crippen LogP contribution is 2.41. The van der Waals surface area contributed by atoms with Gasteiger partial charge in [0.2, 0.25) is 6.29 Å². The monoisotopic (exact) mass is 191 g/mol. The van der Waals surface area contributed by atoms with Gasteiger partial charge in [0.1, 0.15) is 0 Å². The Morgan fingerprint density at radius 2 is 2.07 bits per heavy atom. The highest BCUT2D eigenvalue weighted by atomic mass is 17.3. The van der Waals surface area contributed by atoms with E-state index in [1.165, 1.54) is 0 Å². The van der Waals surface area contributed by atoms with Gasteiger partial charge in [0, 0.05) is 5.56 Å². The van der Waals surface area contributed by atoms with Crippen molar-refractivity contribution >= 4 is 5.71 Å². The normalized spacial score (nSPS) is 34.6. The van der Waals surface area contributed by atoms with Gasteiger partial charge in [-0.1, -0.05) is 30.3 Å². The summed E-state index contributed by atoms with van der Waals surface area (Å²) in [6.45, 7) is 1.86. The zero-order chi connectivity index (χ0) is 9.60. The standard InChI is InChI=1S/C10H9NO3/c1-7-9-12-10(11-7,14-13-9)8-5-3-2-4-6-8/h2-6,9H,1H3/t9-,10+/m0/s1. The molecule has 4 heteroatoms. The Hall–Kier alpha value is -1.23. The Balaban J connectivity index is 2.07. The van der Waals surface area contributed by atoms with Crippen LogP contribution in [0.15, 0.2) is 35.3 Å². The third kappa shape index (κ3) is 0.957. The lowest BCUT2D eigenvalue weighted by molar-refractivity contribution is -0.334. The average molecular weight is 191 g/mol. The minimum absolute atomic E-state index is 0.449. The molecule has 0 unspecified atom stereocenters. The van der Waals surface area contributed by atoms with Gasteiger partial charge in [0.15, 0.2) is 0 Å². The fourth-order valence-electron chi connectivity index (χ4n) is 1.61. The van der Waals surface area contributed by atoms with Crippen molar-refractivity contribution in [3.05, 3.63) is 35.9 Å². The molecule has 0 aliphatic carbocycles. The van der Waals surface area contributed by atoms with Gasteiger partial charge in [-0.25, -0.2) is 4.99 Å². The van der Waals surface area contributed by atoms with Gasteiger partial charge in [-0.2, -0.15) is 9.78 Å². The number of rotatable bonds is 1. The summed E-state index contributed by atoms with van der Waals surface area (Å²) >= 11 is 0. The molecular formula is C10H9NO3. The zero-order valence-electron chi connectivity index (χ0n) is 7.64. The molecule has 1 fully saturated rings. The van der Waals surface area contributed by atoms with Gasteiger partial charge >= 0.3 is 5.91 Å². The number of aliphatic imine (C=N–C) groups is 1. The Bertz CT molecular complexity index is 390. The van der Waals surface area contributed by atoms with E-state index in [1.807, 2.05) is 37.3 Å². The van der Waals surface area contributed by atoms with Crippen molar-refractivity contribution in [3.8, 4) is 0 Å². The molecule has 3 rings (SSSR count). The molecule has 1 saturated heterocycles. The Kier molecular flexibility index (Phi) is 1.53. The number of hydrogen-bond donors (Lipinski definition) is 0. The summed E-state index contributed by atoms with van der Waals surface area (Å²) in [6.07, 6.45) is -0.449. The summed E-state index contributed by atoms with van der Waals surface area (Å²) in [5, 5.41) is 0. The fraction of sp³-hybridized carbons (Fsp3) is 0.300. The van der Waals surface area contributed by atoms with Crippen LogP contribution in [0.3, 0.4) is 0 Å². The molecule has 14 heavy (non-hydrogen) atoms. The van der Waals surface area contributed by atoms with Crippen LogP contribution in [0.5, 0.6) is 0 Å². The summed E-state index contributed by atoms with van der Waals surface area (Å²) < 4.78 is 5.51. The summed E-state index contributed by atoms with van der Waals surface area (Å²) in [6, 6.07) is 9.54. The van der Waals surface area contributed by atoms with Crippen LogP contribution in [0.2, 0.25) is 0 Å². The Labute approximate surface area is 81.0 Å². The van der Waals surface area contributed by atoms with E-state index in [-0.39, 0.29) is 0 Å². The molecule has 4 nitrogen and oxygen atoms in total. The van der Waals surface area contributed by atoms with Crippen LogP contribution in [0.1, 0.15) is 12.5 Å². The van der Waals surface area contributed by atoms with Crippen molar-refractivity contribution in [2.45, 2.75) is 19.1 Å². The van der Waals surface area contributed by atoms with Crippen molar-refractivity contribution in [2.24, 2.45) is 4.99 Å². The quantitative estimate of drug-likeness (QED) is 0.632. The Morgan fingerprint density at radius 1 is 1.29 bits per heavy atom. The molecule has 0 saturated carbocycles. The number of ether oxygens (including phenoxy) is 1. The first-order valence-electron chi connectivity index (χ1n) is 4.44. The molecule has 0 N–H and O–H groups in total. The maximum atomic E-state index is 5.51. The number of hydrogen-bond acceptors (Lipinski definition) is 4. The van der Waals surface area contributed by atoms with Crippen molar-refractivity contribution < 1.29 is 14.5 Å². The molecule has 2 aliphatic heterocycles. The Morgan fingerprint density at radius 3 is 2.64 bits per heavy atom. The van der Waals surface area contributed by atoms with Crippen LogP contribution >= 0.6 is 0 Å². The molecule has 1 aromatic carbocycles. The topological polar surface area (TPSA) is 40.0 Å². The fourth-order valence-corrected chi connectivity index (χ4v) is 1.61. The highest BCUT2D eigenvalue weighted by Gasteiger charge is 2.52. The predicted octanol–water partition coefficient (Wildman–Crippen LogP) is 1.58. The first kappa shape index (κ1) is 8.11. The summed E-state index contributed by atoms with van der Waals surface area (Å²) in [5.41, 5.74) is 1.65. The van der Waals surface area contributed by atoms with Crippen LogP contribution < -0.4 is 0 Å². The van der Waals surface area contributed by atoms with Crippen LogP contribution in [-0.4, -0.2) is 12.0 Å². The third-order valence-corrected chi connectivity index (χ3v) is 2.32. The second-order valence-corrected chi connectivity index (χ2v) is 3.33. The average Bonchev–Trinajstić information content (AvgIpc) is 2.77. The molecule has 2 heterocycles. The molecule has 0 spiro atoms. The van der Waals surface area contributed by atoms with E-state index in [9.17, 15) is 0 Å². The van der Waals surface area contributed by atoms with E-state index in [1.54, 1.807) is 0 Å². The number of fused-ring (bicyclic) bond motifs is 2. The molecule has 2 bridgehead atoms. The van der Waals surface area contributed by atoms with E-state index < -0.39 is 12.2 Å². The lowest BCUT2D eigenvalue weighted by Crippen LogP contribution is -2.22. The first-order valence-corrected chi connectivity index (χ1v) is 4.44. The van der Waals surface area contributed by atoms with Gasteiger partial charge in [-0.15, -0.1) is 0 Å². The second-order valence-electron chi connectivity index (χ2n) is 3.33. The van der Waals surface area contributed by atoms with Gasteiger partial charge < -0.3 is 0 Å². The van der Waals surface area contributed by atoms with E-state index in [0.717, 1.165) is 11.3 Å². The molecule has 0 radical (unpaired) electrons. The second kappa shape index (κ2) is 2.63.